The van der Waals surface area contributed by atoms with E-state index in [1.807, 2.05) is 32.9 Å². The van der Waals surface area contributed by atoms with Gasteiger partial charge in [0.15, 0.2) is 11.5 Å². The average Bonchev–Trinajstić information content (AvgIpc) is 2.94. The molecule has 0 fully saturated rings. The SMILES string of the molecule is COc1cc(N[C@H](C)c2nc3sc(C)c(C)c3c(=O)[nH]2)cc(OC)c1OC. The zero-order chi connectivity index (χ0) is 19.7. The number of fused-ring (bicyclic) bond motifs is 1. The zero-order valence-electron chi connectivity index (χ0n) is 16.2. The molecule has 1 atom stereocenters. The van der Waals surface area contributed by atoms with Crippen LogP contribution < -0.4 is 25.1 Å². The molecule has 0 aliphatic rings. The molecule has 8 heteroatoms. The minimum atomic E-state index is -0.229. The third-order valence-electron chi connectivity index (χ3n) is 4.52. The van der Waals surface area contributed by atoms with Gasteiger partial charge in [0.05, 0.1) is 32.8 Å². The first kappa shape index (κ1) is 19.0. The largest absolute Gasteiger partial charge is 0.493 e. The van der Waals surface area contributed by atoms with Gasteiger partial charge in [-0.3, -0.25) is 4.79 Å². The van der Waals surface area contributed by atoms with E-state index in [9.17, 15) is 4.79 Å². The topological polar surface area (TPSA) is 85.5 Å². The van der Waals surface area contributed by atoms with Crippen molar-refractivity contribution in [2.24, 2.45) is 0 Å². The highest BCUT2D eigenvalue weighted by Gasteiger charge is 2.18. The van der Waals surface area contributed by atoms with Crippen LogP contribution in [0.5, 0.6) is 17.2 Å². The maximum Gasteiger partial charge on any atom is 0.259 e. The van der Waals surface area contributed by atoms with Gasteiger partial charge in [0, 0.05) is 22.7 Å². The van der Waals surface area contributed by atoms with Crippen LogP contribution in [0.4, 0.5) is 5.69 Å². The van der Waals surface area contributed by atoms with E-state index < -0.39 is 0 Å². The lowest BCUT2D eigenvalue weighted by Gasteiger charge is -2.18. The number of benzene rings is 1. The second kappa shape index (κ2) is 7.48. The molecule has 3 rings (SSSR count). The lowest BCUT2D eigenvalue weighted by Crippen LogP contribution is -2.17. The maximum atomic E-state index is 12.5. The summed E-state index contributed by atoms with van der Waals surface area (Å²) >= 11 is 1.53. The van der Waals surface area contributed by atoms with E-state index in [1.165, 1.54) is 11.3 Å². The summed E-state index contributed by atoms with van der Waals surface area (Å²) < 4.78 is 16.1. The number of nitrogens with zero attached hydrogens (tertiary/aromatic N) is 1. The molecule has 1 aromatic carbocycles. The Labute approximate surface area is 161 Å². The Morgan fingerprint density at radius 3 is 2.30 bits per heavy atom. The van der Waals surface area contributed by atoms with Crippen LogP contribution in [0.3, 0.4) is 0 Å². The summed E-state index contributed by atoms with van der Waals surface area (Å²) in [5, 5.41) is 4.00. The van der Waals surface area contributed by atoms with E-state index in [-0.39, 0.29) is 11.6 Å². The molecular weight excluding hydrogens is 366 g/mol. The fourth-order valence-electron chi connectivity index (χ4n) is 2.96. The van der Waals surface area contributed by atoms with Gasteiger partial charge in [0.25, 0.3) is 5.56 Å². The first-order valence-electron chi connectivity index (χ1n) is 8.46. The zero-order valence-corrected chi connectivity index (χ0v) is 17.0. The standard InChI is InChI=1S/C19H23N3O4S/c1-9-11(3)27-19-15(9)18(23)21-17(22-19)10(2)20-12-7-13(24-4)16(26-6)14(8-12)25-5/h7-8,10,20H,1-6H3,(H,21,22,23)/t10-/m1/s1. The fourth-order valence-corrected chi connectivity index (χ4v) is 4.00. The Kier molecular flexibility index (Phi) is 5.27. The lowest BCUT2D eigenvalue weighted by atomic mass is 10.2. The number of thiophene rings is 1. The Morgan fingerprint density at radius 2 is 1.74 bits per heavy atom. The second-order valence-corrected chi connectivity index (χ2v) is 7.40. The number of aromatic amines is 1. The van der Waals surface area contributed by atoms with Crippen molar-refractivity contribution in [1.29, 1.82) is 0 Å². The maximum absolute atomic E-state index is 12.5. The molecular formula is C19H23N3O4S. The summed E-state index contributed by atoms with van der Waals surface area (Å²) in [6.45, 7) is 5.88. The predicted molar refractivity (Wildman–Crippen MR) is 108 cm³/mol. The first-order chi connectivity index (χ1) is 12.9. The number of hydrogen-bond acceptors (Lipinski definition) is 7. The van der Waals surface area contributed by atoms with Gasteiger partial charge in [-0.05, 0) is 26.3 Å². The van der Waals surface area contributed by atoms with Crippen molar-refractivity contribution in [3.05, 3.63) is 38.8 Å². The number of anilines is 1. The normalized spacial score (nSPS) is 12.1. The van der Waals surface area contributed by atoms with Crippen molar-refractivity contribution in [3.63, 3.8) is 0 Å². The van der Waals surface area contributed by atoms with Crippen LogP contribution in [0, 0.1) is 13.8 Å². The number of nitrogens with one attached hydrogen (secondary N) is 2. The Hall–Kier alpha value is -2.74. The molecule has 27 heavy (non-hydrogen) atoms. The Morgan fingerprint density at radius 1 is 1.11 bits per heavy atom. The number of methoxy groups -OCH3 is 3. The van der Waals surface area contributed by atoms with E-state index in [0.29, 0.717) is 28.5 Å². The first-order valence-corrected chi connectivity index (χ1v) is 9.27. The summed E-state index contributed by atoms with van der Waals surface area (Å²) in [5.74, 6) is 2.19. The summed E-state index contributed by atoms with van der Waals surface area (Å²) in [5.41, 5.74) is 1.63. The smallest absolute Gasteiger partial charge is 0.259 e. The van der Waals surface area contributed by atoms with E-state index in [2.05, 4.69) is 15.3 Å². The summed E-state index contributed by atoms with van der Waals surface area (Å²) in [6, 6.07) is 3.40. The highest BCUT2D eigenvalue weighted by Crippen LogP contribution is 2.40. The monoisotopic (exact) mass is 389 g/mol. The summed E-state index contributed by atoms with van der Waals surface area (Å²) in [6.07, 6.45) is 0. The minimum absolute atomic E-state index is 0.115. The van der Waals surface area contributed by atoms with Gasteiger partial charge in [0.1, 0.15) is 10.7 Å². The molecule has 0 aliphatic carbocycles. The number of aromatic nitrogens is 2. The number of H-pyrrole nitrogens is 1. The molecule has 3 aromatic rings. The van der Waals surface area contributed by atoms with Crippen LogP contribution in [0.15, 0.2) is 16.9 Å². The van der Waals surface area contributed by atoms with Crippen LogP contribution in [-0.4, -0.2) is 31.3 Å². The number of ether oxygens (including phenoxy) is 3. The quantitative estimate of drug-likeness (QED) is 0.667. The number of aryl methyl sites for hydroxylation is 2. The van der Waals surface area contributed by atoms with Gasteiger partial charge in [-0.15, -0.1) is 11.3 Å². The van der Waals surface area contributed by atoms with Gasteiger partial charge < -0.3 is 24.5 Å². The molecule has 0 aliphatic heterocycles. The van der Waals surface area contributed by atoms with Crippen molar-refractivity contribution < 1.29 is 14.2 Å². The van der Waals surface area contributed by atoms with Crippen molar-refractivity contribution in [1.82, 2.24) is 9.97 Å². The van der Waals surface area contributed by atoms with Crippen LogP contribution in [0.2, 0.25) is 0 Å². The molecule has 0 unspecified atom stereocenters. The predicted octanol–water partition coefficient (Wildman–Crippen LogP) is 3.80. The summed E-state index contributed by atoms with van der Waals surface area (Å²) in [7, 11) is 4.70. The van der Waals surface area contributed by atoms with Crippen molar-refractivity contribution >= 4 is 27.2 Å². The molecule has 0 spiro atoms. The molecule has 0 amide bonds. The molecule has 0 bridgehead atoms. The molecule has 0 saturated heterocycles. The highest BCUT2D eigenvalue weighted by atomic mass is 32.1. The van der Waals surface area contributed by atoms with Crippen LogP contribution in [0.1, 0.15) is 29.2 Å². The molecule has 0 saturated carbocycles. The van der Waals surface area contributed by atoms with Gasteiger partial charge in [-0.25, -0.2) is 4.98 Å². The third-order valence-corrected chi connectivity index (χ3v) is 5.62. The number of rotatable bonds is 6. The number of hydrogen-bond donors (Lipinski definition) is 2. The summed E-state index contributed by atoms with van der Waals surface area (Å²) in [4.78, 5) is 21.9. The molecule has 0 radical (unpaired) electrons. The molecule has 144 valence electrons. The molecule has 2 aromatic heterocycles. The van der Waals surface area contributed by atoms with E-state index in [4.69, 9.17) is 14.2 Å². The van der Waals surface area contributed by atoms with Gasteiger partial charge in [-0.2, -0.15) is 0 Å². The lowest BCUT2D eigenvalue weighted by molar-refractivity contribution is 0.324. The fraction of sp³-hybridized carbons (Fsp3) is 0.368. The Balaban J connectivity index is 1.97. The molecule has 2 N–H and O–H groups in total. The highest BCUT2D eigenvalue weighted by molar-refractivity contribution is 7.18. The Bertz CT molecular complexity index is 1020. The van der Waals surface area contributed by atoms with Crippen LogP contribution >= 0.6 is 11.3 Å². The minimum Gasteiger partial charge on any atom is -0.493 e. The van der Waals surface area contributed by atoms with Gasteiger partial charge >= 0.3 is 0 Å². The van der Waals surface area contributed by atoms with Gasteiger partial charge in [-0.1, -0.05) is 0 Å². The van der Waals surface area contributed by atoms with Gasteiger partial charge in [0.2, 0.25) is 5.75 Å². The van der Waals surface area contributed by atoms with E-state index in [0.717, 1.165) is 21.0 Å². The van der Waals surface area contributed by atoms with Crippen molar-refractivity contribution in [3.8, 4) is 17.2 Å². The van der Waals surface area contributed by atoms with E-state index >= 15 is 0 Å². The van der Waals surface area contributed by atoms with Crippen LogP contribution in [-0.2, 0) is 0 Å². The van der Waals surface area contributed by atoms with Crippen LogP contribution in [0.25, 0.3) is 10.2 Å². The second-order valence-electron chi connectivity index (χ2n) is 6.19. The van der Waals surface area contributed by atoms with E-state index in [1.54, 1.807) is 21.3 Å². The average molecular weight is 389 g/mol. The van der Waals surface area contributed by atoms with Crippen molar-refractivity contribution in [2.75, 3.05) is 26.6 Å². The molecule has 2 heterocycles. The van der Waals surface area contributed by atoms with Crippen molar-refractivity contribution in [2.45, 2.75) is 26.8 Å². The molecule has 7 nitrogen and oxygen atoms in total. The third kappa shape index (κ3) is 3.44.